The van der Waals surface area contributed by atoms with E-state index in [0.717, 1.165) is 12.3 Å². The van der Waals surface area contributed by atoms with Crippen LogP contribution in [0.5, 0.6) is 0 Å². The van der Waals surface area contributed by atoms with Gasteiger partial charge in [-0.1, -0.05) is 0 Å². The SMILES string of the molecule is CCN1C(=O)[C@@H]2CNCCN2c2ncc(C(F)(F)F)cc21. The van der Waals surface area contributed by atoms with Crippen molar-refractivity contribution in [3.63, 3.8) is 0 Å². The van der Waals surface area contributed by atoms with Gasteiger partial charge in [0.05, 0.1) is 11.3 Å². The largest absolute Gasteiger partial charge is 0.417 e. The second kappa shape index (κ2) is 4.87. The van der Waals surface area contributed by atoms with E-state index in [1.54, 1.807) is 11.8 Å². The molecule has 21 heavy (non-hydrogen) atoms. The number of rotatable bonds is 1. The Morgan fingerprint density at radius 2 is 2.24 bits per heavy atom. The number of halogens is 3. The standard InChI is InChI=1S/C13H15F3N4O/c1-2-19-9-5-8(13(14,15)16)6-18-11(9)20-4-3-17-7-10(20)12(19)21/h5-6,10,17H,2-4,7H2,1H3/t10-/m0/s1. The van der Waals surface area contributed by atoms with Crippen molar-refractivity contribution in [3.05, 3.63) is 17.8 Å². The van der Waals surface area contributed by atoms with Crippen LogP contribution in [0.1, 0.15) is 12.5 Å². The minimum atomic E-state index is -4.47. The van der Waals surface area contributed by atoms with E-state index < -0.39 is 17.8 Å². The summed E-state index contributed by atoms with van der Waals surface area (Å²) in [5.74, 6) is 0.272. The Balaban J connectivity index is 2.11. The Labute approximate surface area is 119 Å². The first-order chi connectivity index (χ1) is 9.93. The molecule has 1 N–H and O–H groups in total. The van der Waals surface area contributed by atoms with Crippen LogP contribution in [0, 0.1) is 0 Å². The second-order valence-electron chi connectivity index (χ2n) is 5.06. The minimum Gasteiger partial charge on any atom is -0.340 e. The predicted octanol–water partition coefficient (Wildman–Crippen LogP) is 1.25. The first-order valence-electron chi connectivity index (χ1n) is 6.79. The fourth-order valence-electron chi connectivity index (χ4n) is 2.82. The van der Waals surface area contributed by atoms with E-state index in [1.807, 2.05) is 0 Å². The zero-order valence-corrected chi connectivity index (χ0v) is 11.4. The number of pyridine rings is 1. The van der Waals surface area contributed by atoms with Crippen molar-refractivity contribution >= 4 is 17.4 Å². The average Bonchev–Trinajstić information content (AvgIpc) is 2.46. The van der Waals surface area contributed by atoms with Crippen molar-refractivity contribution in [2.45, 2.75) is 19.1 Å². The average molecular weight is 300 g/mol. The molecule has 3 rings (SSSR count). The van der Waals surface area contributed by atoms with Gasteiger partial charge in [-0.2, -0.15) is 13.2 Å². The zero-order valence-electron chi connectivity index (χ0n) is 11.4. The van der Waals surface area contributed by atoms with Gasteiger partial charge in [-0.25, -0.2) is 4.98 Å². The molecule has 1 aromatic heterocycles. The van der Waals surface area contributed by atoms with Gasteiger partial charge in [0.2, 0.25) is 0 Å². The molecule has 1 amide bonds. The number of nitrogens with zero attached hydrogens (tertiary/aromatic N) is 3. The lowest BCUT2D eigenvalue weighted by molar-refractivity contribution is -0.137. The molecule has 5 nitrogen and oxygen atoms in total. The number of nitrogens with one attached hydrogen (secondary N) is 1. The maximum atomic E-state index is 12.9. The molecule has 2 aliphatic heterocycles. The van der Waals surface area contributed by atoms with Crippen molar-refractivity contribution in [2.75, 3.05) is 36.0 Å². The van der Waals surface area contributed by atoms with Crippen molar-refractivity contribution in [3.8, 4) is 0 Å². The highest BCUT2D eigenvalue weighted by Crippen LogP contribution is 2.39. The van der Waals surface area contributed by atoms with E-state index in [1.165, 1.54) is 4.90 Å². The number of hydrogen-bond acceptors (Lipinski definition) is 4. The van der Waals surface area contributed by atoms with Crippen LogP contribution < -0.4 is 15.1 Å². The maximum Gasteiger partial charge on any atom is 0.417 e. The molecular formula is C13H15F3N4O. The number of aromatic nitrogens is 1. The van der Waals surface area contributed by atoms with Crippen LogP contribution >= 0.6 is 0 Å². The summed E-state index contributed by atoms with van der Waals surface area (Å²) in [6.07, 6.45) is -3.63. The number of anilines is 2. The van der Waals surface area contributed by atoms with E-state index >= 15 is 0 Å². The Morgan fingerprint density at radius 3 is 2.90 bits per heavy atom. The number of hydrogen-bond donors (Lipinski definition) is 1. The molecule has 0 aromatic carbocycles. The third-order valence-electron chi connectivity index (χ3n) is 3.85. The highest BCUT2D eigenvalue weighted by atomic mass is 19.4. The topological polar surface area (TPSA) is 48.5 Å². The van der Waals surface area contributed by atoms with E-state index in [9.17, 15) is 18.0 Å². The smallest absolute Gasteiger partial charge is 0.340 e. The molecule has 0 aliphatic carbocycles. The molecule has 0 radical (unpaired) electrons. The van der Waals surface area contributed by atoms with Crippen molar-refractivity contribution in [1.29, 1.82) is 0 Å². The lowest BCUT2D eigenvalue weighted by atomic mass is 10.1. The van der Waals surface area contributed by atoms with Gasteiger partial charge in [0.15, 0.2) is 5.82 Å². The Hall–Kier alpha value is -1.83. The molecule has 1 fully saturated rings. The number of piperazine rings is 1. The number of carbonyl (C=O) groups is 1. The zero-order chi connectivity index (χ0) is 15.2. The molecule has 114 valence electrons. The highest BCUT2D eigenvalue weighted by molar-refractivity contribution is 6.05. The molecular weight excluding hydrogens is 285 g/mol. The number of carbonyl (C=O) groups excluding carboxylic acids is 1. The summed E-state index contributed by atoms with van der Waals surface area (Å²) in [6.45, 7) is 3.78. The molecule has 1 aromatic rings. The van der Waals surface area contributed by atoms with Crippen LogP contribution in [0.3, 0.4) is 0 Å². The molecule has 8 heteroatoms. The van der Waals surface area contributed by atoms with Gasteiger partial charge < -0.3 is 15.1 Å². The molecule has 1 atom stereocenters. The van der Waals surface area contributed by atoms with E-state index in [-0.39, 0.29) is 11.6 Å². The normalized spacial score (nSPS) is 22.1. The maximum absolute atomic E-state index is 12.9. The van der Waals surface area contributed by atoms with Crippen LogP contribution in [-0.4, -0.2) is 43.1 Å². The van der Waals surface area contributed by atoms with Crippen molar-refractivity contribution in [1.82, 2.24) is 10.3 Å². The summed E-state index contributed by atoms with van der Waals surface area (Å²) in [6, 6.07) is 0.623. The van der Waals surface area contributed by atoms with Crippen LogP contribution in [0.25, 0.3) is 0 Å². The molecule has 0 spiro atoms. The van der Waals surface area contributed by atoms with Gasteiger partial charge in [-0.3, -0.25) is 4.79 Å². The van der Waals surface area contributed by atoms with Gasteiger partial charge in [0.1, 0.15) is 6.04 Å². The first kappa shape index (κ1) is 14.1. The van der Waals surface area contributed by atoms with Crippen molar-refractivity contribution < 1.29 is 18.0 Å². The highest BCUT2D eigenvalue weighted by Gasteiger charge is 2.41. The lowest BCUT2D eigenvalue weighted by Gasteiger charge is -2.44. The number of likely N-dealkylation sites (N-methyl/N-ethyl adjacent to an activating group) is 1. The summed E-state index contributed by atoms with van der Waals surface area (Å²) < 4.78 is 38.6. The van der Waals surface area contributed by atoms with Crippen LogP contribution in [-0.2, 0) is 11.0 Å². The Bertz CT molecular complexity index is 575. The van der Waals surface area contributed by atoms with E-state index in [4.69, 9.17) is 0 Å². The van der Waals surface area contributed by atoms with Gasteiger partial charge in [-0.05, 0) is 13.0 Å². The third-order valence-corrected chi connectivity index (χ3v) is 3.85. The van der Waals surface area contributed by atoms with Crippen LogP contribution in [0.2, 0.25) is 0 Å². The fraction of sp³-hybridized carbons (Fsp3) is 0.538. The van der Waals surface area contributed by atoms with Gasteiger partial charge in [0, 0.05) is 32.4 Å². The van der Waals surface area contributed by atoms with E-state index in [0.29, 0.717) is 32.0 Å². The molecule has 0 saturated carbocycles. The van der Waals surface area contributed by atoms with E-state index in [2.05, 4.69) is 10.3 Å². The summed E-state index contributed by atoms with van der Waals surface area (Å²) >= 11 is 0. The van der Waals surface area contributed by atoms with Crippen molar-refractivity contribution in [2.24, 2.45) is 0 Å². The quantitative estimate of drug-likeness (QED) is 0.848. The minimum absolute atomic E-state index is 0.182. The molecule has 2 aliphatic rings. The Morgan fingerprint density at radius 1 is 1.48 bits per heavy atom. The lowest BCUT2D eigenvalue weighted by Crippen LogP contribution is -2.62. The van der Waals surface area contributed by atoms with Gasteiger partial charge >= 0.3 is 6.18 Å². The monoisotopic (exact) mass is 300 g/mol. The van der Waals surface area contributed by atoms with Crippen LogP contribution in [0.15, 0.2) is 12.3 Å². The van der Waals surface area contributed by atoms with Gasteiger partial charge in [0.25, 0.3) is 5.91 Å². The Kier molecular flexibility index (Phi) is 3.27. The molecule has 3 heterocycles. The number of fused-ring (bicyclic) bond motifs is 3. The summed E-state index contributed by atoms with van der Waals surface area (Å²) in [5.41, 5.74) is -0.587. The fourth-order valence-corrected chi connectivity index (χ4v) is 2.82. The number of amides is 1. The number of alkyl halides is 3. The summed E-state index contributed by atoms with van der Waals surface area (Å²) in [4.78, 5) is 19.6. The molecule has 0 bridgehead atoms. The summed E-state index contributed by atoms with van der Waals surface area (Å²) in [5, 5.41) is 3.13. The predicted molar refractivity (Wildman–Crippen MR) is 71.3 cm³/mol. The second-order valence-corrected chi connectivity index (χ2v) is 5.06. The molecule has 1 saturated heterocycles. The van der Waals surface area contributed by atoms with Gasteiger partial charge in [-0.15, -0.1) is 0 Å². The summed E-state index contributed by atoms with van der Waals surface area (Å²) in [7, 11) is 0. The third kappa shape index (κ3) is 2.23. The molecule has 0 unspecified atom stereocenters. The van der Waals surface area contributed by atoms with Crippen LogP contribution in [0.4, 0.5) is 24.7 Å². The first-order valence-corrected chi connectivity index (χ1v) is 6.79.